The highest BCUT2D eigenvalue weighted by atomic mass is 16.5. The summed E-state index contributed by atoms with van der Waals surface area (Å²) in [6.07, 6.45) is -0.153. The number of ketones is 1. The number of benzene rings is 2. The molecule has 1 fully saturated rings. The molecule has 6 heteroatoms. The summed E-state index contributed by atoms with van der Waals surface area (Å²) in [5.74, 6) is 1.24. The van der Waals surface area contributed by atoms with Crippen molar-refractivity contribution >= 4 is 11.7 Å². The summed E-state index contributed by atoms with van der Waals surface area (Å²) >= 11 is 0. The summed E-state index contributed by atoms with van der Waals surface area (Å²) in [7, 11) is 0. The van der Waals surface area contributed by atoms with Crippen LogP contribution in [0.1, 0.15) is 59.4 Å². The van der Waals surface area contributed by atoms with Crippen LogP contribution >= 0.6 is 0 Å². The number of carbonyl (C=O) groups is 2. The minimum Gasteiger partial charge on any atom is -0.491 e. The summed E-state index contributed by atoms with van der Waals surface area (Å²) in [4.78, 5) is 28.5. The third-order valence-electron chi connectivity index (χ3n) is 5.89. The molecule has 0 aliphatic carbocycles. The van der Waals surface area contributed by atoms with Crippen molar-refractivity contribution in [3.63, 3.8) is 0 Å². The molecule has 0 radical (unpaired) electrons. The third kappa shape index (κ3) is 6.40. The number of hydrogen-bond donors (Lipinski definition) is 1. The van der Waals surface area contributed by atoms with E-state index in [1.54, 1.807) is 24.3 Å². The predicted octanol–water partition coefficient (Wildman–Crippen LogP) is 3.60. The van der Waals surface area contributed by atoms with Crippen molar-refractivity contribution in [3.8, 4) is 5.75 Å². The van der Waals surface area contributed by atoms with Crippen molar-refractivity contribution in [2.45, 2.75) is 39.2 Å². The zero-order valence-corrected chi connectivity index (χ0v) is 19.3. The number of hydrogen-bond acceptors (Lipinski definition) is 5. The van der Waals surface area contributed by atoms with E-state index in [-0.39, 0.29) is 18.3 Å². The number of aliphatic hydroxyl groups is 1. The maximum Gasteiger partial charge on any atom is 0.253 e. The monoisotopic (exact) mass is 438 g/mol. The Kier molecular flexibility index (Phi) is 8.42. The van der Waals surface area contributed by atoms with E-state index in [4.69, 9.17) is 4.74 Å². The van der Waals surface area contributed by atoms with Gasteiger partial charge in [0, 0.05) is 50.3 Å². The van der Waals surface area contributed by atoms with Crippen LogP contribution in [0.4, 0.5) is 0 Å². The number of β-amino-alcohol motifs (C(OH)–C–C–N with tert-alkyl or cyclic N) is 1. The Morgan fingerprint density at radius 3 is 2.09 bits per heavy atom. The van der Waals surface area contributed by atoms with E-state index in [1.807, 2.05) is 36.1 Å². The van der Waals surface area contributed by atoms with Gasteiger partial charge in [0.05, 0.1) is 0 Å². The summed E-state index contributed by atoms with van der Waals surface area (Å²) in [6, 6.07) is 14.9. The molecule has 1 aliphatic rings. The first-order chi connectivity index (χ1) is 15.4. The van der Waals surface area contributed by atoms with Crippen molar-refractivity contribution < 1.29 is 19.4 Å². The van der Waals surface area contributed by atoms with Gasteiger partial charge in [-0.15, -0.1) is 0 Å². The maximum atomic E-state index is 12.8. The number of nitrogens with zero attached hydrogens (tertiary/aromatic N) is 2. The number of carbonyl (C=O) groups excluding carboxylic acids is 2. The molecule has 0 spiro atoms. The standard InChI is InChI=1S/C26H34N2O4/c1-4-25(30)21-9-11-24(12-10-21)32-18-23(29)17-27-13-15-28(16-14-27)26(31)22-7-5-20(6-8-22)19(2)3/h5-12,19,23,29H,4,13-18H2,1-3H3. The van der Waals surface area contributed by atoms with E-state index in [0.29, 0.717) is 43.3 Å². The lowest BCUT2D eigenvalue weighted by Gasteiger charge is -2.35. The largest absolute Gasteiger partial charge is 0.491 e. The van der Waals surface area contributed by atoms with E-state index < -0.39 is 6.10 Å². The highest BCUT2D eigenvalue weighted by Gasteiger charge is 2.23. The lowest BCUT2D eigenvalue weighted by molar-refractivity contribution is 0.0403. The normalized spacial score (nSPS) is 15.6. The van der Waals surface area contributed by atoms with Crippen LogP contribution in [-0.4, -0.2) is 72.0 Å². The highest BCUT2D eigenvalue weighted by Crippen LogP contribution is 2.17. The van der Waals surface area contributed by atoms with Crippen LogP contribution in [0, 0.1) is 0 Å². The first-order valence-electron chi connectivity index (χ1n) is 11.4. The van der Waals surface area contributed by atoms with Gasteiger partial charge in [0.15, 0.2) is 5.78 Å². The van der Waals surface area contributed by atoms with Crippen LogP contribution < -0.4 is 4.74 Å². The summed E-state index contributed by atoms with van der Waals surface area (Å²) in [6.45, 7) is 9.53. The summed E-state index contributed by atoms with van der Waals surface area (Å²) in [5, 5.41) is 10.4. The van der Waals surface area contributed by atoms with E-state index >= 15 is 0 Å². The molecule has 6 nitrogen and oxygen atoms in total. The van der Waals surface area contributed by atoms with Crippen LogP contribution in [0.3, 0.4) is 0 Å². The number of Topliss-reactive ketones (excluding diaryl/α,β-unsaturated/α-hetero) is 1. The van der Waals surface area contributed by atoms with Crippen molar-refractivity contribution in [2.75, 3.05) is 39.3 Å². The Bertz CT molecular complexity index is 885. The van der Waals surface area contributed by atoms with Crippen LogP contribution in [0.15, 0.2) is 48.5 Å². The third-order valence-corrected chi connectivity index (χ3v) is 5.89. The number of rotatable bonds is 9. The zero-order chi connectivity index (χ0) is 23.1. The lowest BCUT2D eigenvalue weighted by atomic mass is 10.0. The number of piperazine rings is 1. The Balaban J connectivity index is 1.41. The highest BCUT2D eigenvalue weighted by molar-refractivity contribution is 5.96. The second kappa shape index (κ2) is 11.2. The average molecular weight is 439 g/mol. The molecule has 0 bridgehead atoms. The van der Waals surface area contributed by atoms with Gasteiger partial charge in [0.25, 0.3) is 5.91 Å². The molecule has 1 aliphatic heterocycles. The second-order valence-electron chi connectivity index (χ2n) is 8.64. The molecule has 0 saturated carbocycles. The van der Waals surface area contributed by atoms with Gasteiger partial charge in [-0.25, -0.2) is 0 Å². The molecule has 1 unspecified atom stereocenters. The number of amides is 1. The second-order valence-corrected chi connectivity index (χ2v) is 8.64. The molecule has 1 atom stereocenters. The Morgan fingerprint density at radius 2 is 1.53 bits per heavy atom. The molecular formula is C26H34N2O4. The Labute approximate surface area is 190 Å². The lowest BCUT2D eigenvalue weighted by Crippen LogP contribution is -2.50. The van der Waals surface area contributed by atoms with Crippen LogP contribution in [0.5, 0.6) is 5.75 Å². The van der Waals surface area contributed by atoms with Crippen LogP contribution in [-0.2, 0) is 0 Å². The fraction of sp³-hybridized carbons (Fsp3) is 0.462. The van der Waals surface area contributed by atoms with E-state index in [2.05, 4.69) is 18.7 Å². The topological polar surface area (TPSA) is 70.1 Å². The first-order valence-corrected chi connectivity index (χ1v) is 11.4. The molecule has 1 N–H and O–H groups in total. The van der Waals surface area contributed by atoms with E-state index in [0.717, 1.165) is 18.7 Å². The molecule has 1 heterocycles. The van der Waals surface area contributed by atoms with Crippen molar-refractivity contribution in [2.24, 2.45) is 0 Å². The predicted molar refractivity (Wildman–Crippen MR) is 125 cm³/mol. The molecule has 3 rings (SSSR count). The van der Waals surface area contributed by atoms with Gasteiger partial charge in [-0.1, -0.05) is 32.9 Å². The molecule has 1 saturated heterocycles. The fourth-order valence-electron chi connectivity index (χ4n) is 3.81. The fourth-order valence-corrected chi connectivity index (χ4v) is 3.81. The summed E-state index contributed by atoms with van der Waals surface area (Å²) < 4.78 is 5.67. The molecule has 0 aromatic heterocycles. The minimum absolute atomic E-state index is 0.0637. The van der Waals surface area contributed by atoms with Gasteiger partial charge in [0.2, 0.25) is 0 Å². The van der Waals surface area contributed by atoms with Gasteiger partial charge in [-0.3, -0.25) is 14.5 Å². The van der Waals surface area contributed by atoms with Gasteiger partial charge < -0.3 is 14.7 Å². The molecule has 172 valence electrons. The van der Waals surface area contributed by atoms with E-state index in [1.165, 1.54) is 5.56 Å². The van der Waals surface area contributed by atoms with Crippen LogP contribution in [0.25, 0.3) is 0 Å². The van der Waals surface area contributed by atoms with Gasteiger partial charge >= 0.3 is 0 Å². The van der Waals surface area contributed by atoms with Crippen molar-refractivity contribution in [1.82, 2.24) is 9.80 Å². The zero-order valence-electron chi connectivity index (χ0n) is 19.3. The van der Waals surface area contributed by atoms with Gasteiger partial charge in [0.1, 0.15) is 18.5 Å². The summed E-state index contributed by atoms with van der Waals surface area (Å²) in [5.41, 5.74) is 2.62. The van der Waals surface area contributed by atoms with Crippen LogP contribution in [0.2, 0.25) is 0 Å². The van der Waals surface area contributed by atoms with E-state index in [9.17, 15) is 14.7 Å². The maximum absolute atomic E-state index is 12.8. The molecule has 32 heavy (non-hydrogen) atoms. The Hall–Kier alpha value is -2.70. The molecule has 2 aromatic carbocycles. The SMILES string of the molecule is CCC(=O)c1ccc(OCC(O)CN2CCN(C(=O)c3ccc(C(C)C)cc3)CC2)cc1. The van der Waals surface area contributed by atoms with Crippen molar-refractivity contribution in [3.05, 3.63) is 65.2 Å². The number of aliphatic hydroxyl groups excluding tert-OH is 1. The van der Waals surface area contributed by atoms with Gasteiger partial charge in [-0.05, 0) is 47.9 Å². The Morgan fingerprint density at radius 1 is 0.938 bits per heavy atom. The molecule has 2 aromatic rings. The smallest absolute Gasteiger partial charge is 0.253 e. The molecular weight excluding hydrogens is 404 g/mol. The van der Waals surface area contributed by atoms with Gasteiger partial charge in [-0.2, -0.15) is 0 Å². The quantitative estimate of drug-likeness (QED) is 0.606. The minimum atomic E-state index is -0.627. The molecule has 1 amide bonds. The average Bonchev–Trinajstić information content (AvgIpc) is 2.82. The first kappa shape index (κ1) is 24.0. The van der Waals surface area contributed by atoms with Crippen molar-refractivity contribution in [1.29, 1.82) is 0 Å². The number of ether oxygens (including phenoxy) is 1.